The molecule has 448 valence electrons. The lowest BCUT2D eigenvalue weighted by Gasteiger charge is -2.19. The van der Waals surface area contributed by atoms with Crippen LogP contribution in [0.1, 0.15) is 309 Å². The third kappa shape index (κ3) is 62.5. The predicted octanol–water partition coefficient (Wildman–Crippen LogP) is 20.9. The minimum absolute atomic E-state index is 0.0538. The van der Waals surface area contributed by atoms with Crippen molar-refractivity contribution in [2.75, 3.05) is 26.4 Å². The summed E-state index contributed by atoms with van der Waals surface area (Å²) < 4.78 is 33.1. The summed E-state index contributed by atoms with van der Waals surface area (Å²) >= 11 is 0. The summed E-state index contributed by atoms with van der Waals surface area (Å²) in [6.45, 7) is 3.68. The van der Waals surface area contributed by atoms with Gasteiger partial charge in [-0.2, -0.15) is 0 Å². The van der Waals surface area contributed by atoms with E-state index in [-0.39, 0.29) is 38.6 Å². The van der Waals surface area contributed by atoms with Crippen molar-refractivity contribution in [3.8, 4) is 0 Å². The molecule has 0 spiro atoms. The highest BCUT2D eigenvalue weighted by molar-refractivity contribution is 7.47. The molecule has 0 radical (unpaired) electrons. The van der Waals surface area contributed by atoms with Crippen LogP contribution in [-0.4, -0.2) is 49.3 Å². The largest absolute Gasteiger partial charge is 0.472 e. The number of ether oxygens (including phenoxy) is 2. The Morgan fingerprint density at radius 1 is 0.403 bits per heavy atom. The van der Waals surface area contributed by atoms with Gasteiger partial charge < -0.3 is 20.1 Å². The zero-order chi connectivity index (χ0) is 55.9. The smallest absolute Gasteiger partial charge is 0.462 e. The van der Waals surface area contributed by atoms with Crippen LogP contribution in [-0.2, 0) is 32.7 Å². The summed E-state index contributed by atoms with van der Waals surface area (Å²) in [5.41, 5.74) is 5.39. The number of phosphoric ester groups is 1. The van der Waals surface area contributed by atoms with Crippen molar-refractivity contribution >= 4 is 19.8 Å². The Kier molecular flexibility index (Phi) is 60.6. The fourth-order valence-corrected chi connectivity index (χ4v) is 10.1. The number of esters is 2. The minimum Gasteiger partial charge on any atom is -0.462 e. The first-order chi connectivity index (χ1) is 37.8. The number of carbonyl (C=O) groups excluding carboxylic acids is 2. The fourth-order valence-electron chi connectivity index (χ4n) is 9.35. The number of allylic oxidation sites excluding steroid dienone is 12. The van der Waals surface area contributed by atoms with E-state index in [4.69, 9.17) is 24.3 Å². The normalized spacial score (nSPS) is 13.5. The van der Waals surface area contributed by atoms with Gasteiger partial charge in [0.25, 0.3) is 0 Å². The van der Waals surface area contributed by atoms with Gasteiger partial charge in [-0.3, -0.25) is 18.6 Å². The first-order valence-corrected chi connectivity index (χ1v) is 33.9. The molecule has 9 nitrogen and oxygen atoms in total. The Hall–Kier alpha value is -2.55. The number of rotatable bonds is 61. The van der Waals surface area contributed by atoms with Crippen molar-refractivity contribution in [2.24, 2.45) is 5.73 Å². The highest BCUT2D eigenvalue weighted by Gasteiger charge is 2.26. The number of unbranched alkanes of at least 4 members (excludes halogenated alkanes) is 36. The van der Waals surface area contributed by atoms with Crippen LogP contribution in [0, 0.1) is 0 Å². The van der Waals surface area contributed by atoms with E-state index in [2.05, 4.69) is 86.8 Å². The summed E-state index contributed by atoms with van der Waals surface area (Å²) in [5, 5.41) is 0. The van der Waals surface area contributed by atoms with Gasteiger partial charge in [-0.05, 0) is 64.2 Å². The molecule has 0 fully saturated rings. The molecule has 0 bridgehead atoms. The molecule has 0 saturated heterocycles. The van der Waals surface area contributed by atoms with Crippen LogP contribution >= 0.6 is 7.82 Å². The molecule has 0 rings (SSSR count). The van der Waals surface area contributed by atoms with E-state index in [1.54, 1.807) is 0 Å². The van der Waals surface area contributed by atoms with E-state index in [0.717, 1.165) is 77.0 Å². The molecule has 0 heterocycles. The second-order valence-corrected chi connectivity index (χ2v) is 23.1. The maximum atomic E-state index is 12.7. The van der Waals surface area contributed by atoms with Gasteiger partial charge in [-0.25, -0.2) is 4.57 Å². The Bertz CT molecular complexity index is 1490. The van der Waals surface area contributed by atoms with Gasteiger partial charge in [0.15, 0.2) is 6.10 Å². The van der Waals surface area contributed by atoms with Crippen LogP contribution in [0.2, 0.25) is 0 Å². The lowest BCUT2D eigenvalue weighted by Crippen LogP contribution is -2.29. The topological polar surface area (TPSA) is 134 Å². The number of phosphoric acid groups is 1. The molecular weight excluding hydrogens is 978 g/mol. The molecule has 0 saturated carbocycles. The number of carbonyl (C=O) groups is 2. The van der Waals surface area contributed by atoms with Gasteiger partial charge >= 0.3 is 19.8 Å². The lowest BCUT2D eigenvalue weighted by molar-refractivity contribution is -0.161. The Morgan fingerprint density at radius 2 is 0.714 bits per heavy atom. The van der Waals surface area contributed by atoms with Crippen LogP contribution < -0.4 is 5.73 Å². The summed E-state index contributed by atoms with van der Waals surface area (Å²) in [7, 11) is -4.39. The van der Waals surface area contributed by atoms with Gasteiger partial charge in [0.1, 0.15) is 6.61 Å². The van der Waals surface area contributed by atoms with Crippen LogP contribution in [0.15, 0.2) is 72.9 Å². The van der Waals surface area contributed by atoms with E-state index in [9.17, 15) is 19.0 Å². The first kappa shape index (κ1) is 74.5. The van der Waals surface area contributed by atoms with Crippen LogP contribution in [0.4, 0.5) is 0 Å². The van der Waals surface area contributed by atoms with Crippen LogP contribution in [0.5, 0.6) is 0 Å². The van der Waals surface area contributed by atoms with E-state index in [0.29, 0.717) is 6.42 Å². The molecule has 2 unspecified atom stereocenters. The van der Waals surface area contributed by atoms with E-state index < -0.39 is 26.5 Å². The molecule has 3 N–H and O–H groups in total. The summed E-state index contributed by atoms with van der Waals surface area (Å²) in [5.74, 6) is -0.813. The monoisotopic (exact) mass is 1100 g/mol. The highest BCUT2D eigenvalue weighted by Crippen LogP contribution is 2.43. The van der Waals surface area contributed by atoms with Gasteiger partial charge in [0.05, 0.1) is 13.2 Å². The van der Waals surface area contributed by atoms with E-state index in [1.807, 2.05) is 0 Å². The second kappa shape index (κ2) is 62.6. The second-order valence-electron chi connectivity index (χ2n) is 21.6. The minimum atomic E-state index is -4.39. The maximum Gasteiger partial charge on any atom is 0.472 e. The molecular formula is C67H122NO8P. The van der Waals surface area contributed by atoms with Crippen molar-refractivity contribution in [1.29, 1.82) is 0 Å². The summed E-state index contributed by atoms with van der Waals surface area (Å²) in [6, 6.07) is 0. The standard InChI is InChI=1S/C67H122NO8P/c1-3-5-7-9-11-13-15-17-19-21-23-25-26-27-28-29-30-31-32-33-34-35-36-37-38-40-42-44-46-48-50-52-54-56-58-60-67(70)76-65(64-75-77(71,72)74-62-61-68)63-73-66(69)59-57-55-53-51-49-47-45-43-41-39-24-22-20-18-16-14-12-10-8-6-4-2/h5,7,11,13,17,19,23,25,27-28,30-31,65H,3-4,6,8-10,12,14-16,18,20-22,24,26,29,32-64,68H2,1-2H3,(H,71,72)/b7-5-,13-11-,19-17-,25-23-,28-27-,31-30-. The third-order valence-electron chi connectivity index (χ3n) is 14.1. The van der Waals surface area contributed by atoms with Crippen molar-refractivity contribution < 1.29 is 37.6 Å². The molecule has 77 heavy (non-hydrogen) atoms. The molecule has 0 aliphatic heterocycles. The van der Waals surface area contributed by atoms with Gasteiger partial charge in [0.2, 0.25) is 0 Å². The zero-order valence-corrected chi connectivity index (χ0v) is 51.1. The molecule has 0 aliphatic carbocycles. The van der Waals surface area contributed by atoms with Crippen molar-refractivity contribution in [2.45, 2.75) is 315 Å². The highest BCUT2D eigenvalue weighted by atomic mass is 31.2. The first-order valence-electron chi connectivity index (χ1n) is 32.4. The average molecular weight is 1100 g/mol. The molecule has 0 aromatic carbocycles. The Balaban J connectivity index is 3.87. The molecule has 10 heteroatoms. The Labute approximate surface area is 475 Å². The van der Waals surface area contributed by atoms with Crippen LogP contribution in [0.25, 0.3) is 0 Å². The summed E-state index contributed by atoms with van der Waals surface area (Å²) in [4.78, 5) is 35.3. The fraction of sp³-hybridized carbons (Fsp3) is 0.791. The SMILES string of the molecule is CC/C=C\C/C=C\C/C=C\C/C=C\C/C=C\C/C=C\CCCCCCCCCCCCCCCCCCC(=O)OC(COC(=O)CCCCCCCCCCCCCCCCCCCCCCC)COP(=O)(O)OCCN. The molecule has 2 atom stereocenters. The Morgan fingerprint density at radius 3 is 1.06 bits per heavy atom. The molecule has 0 aromatic rings. The van der Waals surface area contributed by atoms with Crippen molar-refractivity contribution in [3.63, 3.8) is 0 Å². The quantitative estimate of drug-likeness (QED) is 0.0264. The molecule has 0 amide bonds. The summed E-state index contributed by atoms with van der Waals surface area (Å²) in [6.07, 6.45) is 81.2. The van der Waals surface area contributed by atoms with Gasteiger partial charge in [-0.1, -0.05) is 305 Å². The van der Waals surface area contributed by atoms with Crippen LogP contribution in [0.3, 0.4) is 0 Å². The van der Waals surface area contributed by atoms with E-state index in [1.165, 1.54) is 199 Å². The molecule has 0 aliphatic rings. The number of hydrogen-bond acceptors (Lipinski definition) is 8. The van der Waals surface area contributed by atoms with Gasteiger partial charge in [0, 0.05) is 19.4 Å². The lowest BCUT2D eigenvalue weighted by atomic mass is 10.0. The molecule has 0 aromatic heterocycles. The zero-order valence-electron chi connectivity index (χ0n) is 50.2. The maximum absolute atomic E-state index is 12.7. The third-order valence-corrected chi connectivity index (χ3v) is 15.1. The van der Waals surface area contributed by atoms with Gasteiger partial charge in [-0.15, -0.1) is 0 Å². The number of nitrogens with two attached hydrogens (primary N) is 1. The van der Waals surface area contributed by atoms with Crippen molar-refractivity contribution in [1.82, 2.24) is 0 Å². The number of hydrogen-bond donors (Lipinski definition) is 2. The predicted molar refractivity (Wildman–Crippen MR) is 330 cm³/mol. The van der Waals surface area contributed by atoms with Crippen molar-refractivity contribution in [3.05, 3.63) is 72.9 Å². The average Bonchev–Trinajstić information content (AvgIpc) is 3.42. The van der Waals surface area contributed by atoms with E-state index >= 15 is 0 Å².